The molecule has 0 heterocycles. The Balaban J connectivity index is 2.92. The summed E-state index contributed by atoms with van der Waals surface area (Å²) in [6, 6.07) is 6.19. The summed E-state index contributed by atoms with van der Waals surface area (Å²) >= 11 is 0. The smallest absolute Gasteiger partial charge is 0.305 e. The van der Waals surface area contributed by atoms with E-state index in [9.17, 15) is 13.2 Å². The number of rotatable bonds is 7. The molecule has 0 aliphatic carbocycles. The van der Waals surface area contributed by atoms with Crippen LogP contribution in [0.5, 0.6) is 0 Å². The minimum Gasteiger partial charge on any atom is -0.481 e. The first kappa shape index (κ1) is 15.5. The highest BCUT2D eigenvalue weighted by Gasteiger charge is 2.18. The van der Waals surface area contributed by atoms with Gasteiger partial charge < -0.3 is 10.4 Å². The van der Waals surface area contributed by atoms with Gasteiger partial charge in [0.2, 0.25) is 10.0 Å². The molecule has 0 unspecified atom stereocenters. The van der Waals surface area contributed by atoms with Gasteiger partial charge in [-0.05, 0) is 26.0 Å². The third kappa shape index (κ3) is 4.88. The third-order valence-electron chi connectivity index (χ3n) is 2.22. The largest absolute Gasteiger partial charge is 0.481 e. The number of hydrogen-bond acceptors (Lipinski definition) is 4. The van der Waals surface area contributed by atoms with Crippen LogP contribution in [0.15, 0.2) is 29.2 Å². The number of carboxylic acids is 1. The number of sulfonamides is 1. The van der Waals surface area contributed by atoms with Crippen molar-refractivity contribution in [1.82, 2.24) is 4.72 Å². The molecule has 0 aliphatic rings. The summed E-state index contributed by atoms with van der Waals surface area (Å²) in [4.78, 5) is 10.6. The average Bonchev–Trinajstić information content (AvgIpc) is 2.27. The first-order valence-corrected chi connectivity index (χ1v) is 7.38. The van der Waals surface area contributed by atoms with Gasteiger partial charge in [0.1, 0.15) is 4.90 Å². The van der Waals surface area contributed by atoms with Gasteiger partial charge in [-0.2, -0.15) is 0 Å². The lowest BCUT2D eigenvalue weighted by atomic mass is 10.3. The van der Waals surface area contributed by atoms with Gasteiger partial charge in [-0.15, -0.1) is 0 Å². The fraction of sp³-hybridized carbons (Fsp3) is 0.417. The van der Waals surface area contributed by atoms with Gasteiger partial charge >= 0.3 is 5.97 Å². The van der Waals surface area contributed by atoms with Crippen LogP contribution in [0.25, 0.3) is 0 Å². The number of hydrogen-bond donors (Lipinski definition) is 3. The molecule has 1 aromatic rings. The Morgan fingerprint density at radius 3 is 2.53 bits per heavy atom. The highest BCUT2D eigenvalue weighted by Crippen LogP contribution is 2.20. The molecule has 0 atom stereocenters. The van der Waals surface area contributed by atoms with Gasteiger partial charge in [0, 0.05) is 12.6 Å². The van der Waals surface area contributed by atoms with E-state index in [1.54, 1.807) is 32.0 Å². The van der Waals surface area contributed by atoms with Crippen LogP contribution in [-0.4, -0.2) is 32.1 Å². The topological polar surface area (TPSA) is 95.5 Å². The van der Waals surface area contributed by atoms with Crippen LogP contribution in [-0.2, 0) is 14.8 Å². The maximum Gasteiger partial charge on any atom is 0.305 e. The molecule has 106 valence electrons. The molecule has 0 amide bonds. The zero-order valence-corrected chi connectivity index (χ0v) is 11.7. The van der Waals surface area contributed by atoms with E-state index < -0.39 is 16.0 Å². The second-order valence-corrected chi connectivity index (χ2v) is 6.03. The first-order chi connectivity index (χ1) is 8.83. The van der Waals surface area contributed by atoms with Crippen molar-refractivity contribution in [3.8, 4) is 0 Å². The molecule has 0 radical (unpaired) electrons. The molecule has 0 bridgehead atoms. The maximum atomic E-state index is 12.1. The summed E-state index contributed by atoms with van der Waals surface area (Å²) in [6.07, 6.45) is -0.0774. The fourth-order valence-electron chi connectivity index (χ4n) is 1.52. The number of benzene rings is 1. The molecule has 19 heavy (non-hydrogen) atoms. The average molecular weight is 286 g/mol. The van der Waals surface area contributed by atoms with Crippen molar-refractivity contribution < 1.29 is 18.3 Å². The molecule has 0 aromatic heterocycles. The molecule has 6 nitrogen and oxygen atoms in total. The highest BCUT2D eigenvalue weighted by atomic mass is 32.2. The van der Waals surface area contributed by atoms with Crippen molar-refractivity contribution in [3.63, 3.8) is 0 Å². The Hall–Kier alpha value is -1.60. The van der Waals surface area contributed by atoms with Gasteiger partial charge in [0.25, 0.3) is 0 Å². The predicted molar refractivity (Wildman–Crippen MR) is 72.6 cm³/mol. The molecule has 0 aliphatic heterocycles. The van der Waals surface area contributed by atoms with Crippen molar-refractivity contribution in [2.75, 3.05) is 11.9 Å². The Morgan fingerprint density at radius 2 is 1.95 bits per heavy atom. The molecular weight excluding hydrogens is 268 g/mol. The van der Waals surface area contributed by atoms with Crippen molar-refractivity contribution >= 4 is 21.7 Å². The predicted octanol–water partition coefficient (Wildman–Crippen LogP) is 1.26. The second kappa shape index (κ2) is 6.53. The van der Waals surface area contributed by atoms with Gasteiger partial charge in [-0.1, -0.05) is 12.1 Å². The van der Waals surface area contributed by atoms with Crippen molar-refractivity contribution in [2.45, 2.75) is 31.2 Å². The van der Waals surface area contributed by atoms with Crippen molar-refractivity contribution in [3.05, 3.63) is 24.3 Å². The van der Waals surface area contributed by atoms with Gasteiger partial charge in [-0.3, -0.25) is 4.79 Å². The van der Waals surface area contributed by atoms with Gasteiger partial charge in [-0.25, -0.2) is 13.1 Å². The van der Waals surface area contributed by atoms with E-state index in [0.29, 0.717) is 5.69 Å². The number of carboxylic acid groups (broad SMARTS) is 1. The summed E-state index contributed by atoms with van der Waals surface area (Å²) in [5, 5.41) is 11.4. The van der Waals surface area contributed by atoms with Gasteiger partial charge in [0.05, 0.1) is 12.1 Å². The number of aliphatic carboxylic acids is 1. The van der Waals surface area contributed by atoms with Crippen LogP contribution < -0.4 is 10.0 Å². The standard InChI is InChI=1S/C12H18N2O4S/c1-9(2)14-19(17,18)11-6-4-3-5-10(11)13-8-7-12(15)16/h3-6,9,13-14H,7-8H2,1-2H3,(H,15,16). The quantitative estimate of drug-likeness (QED) is 0.701. The molecule has 0 saturated heterocycles. The van der Waals surface area contributed by atoms with E-state index in [2.05, 4.69) is 10.0 Å². The minimum absolute atomic E-state index is 0.0774. The molecule has 1 aromatic carbocycles. The molecule has 7 heteroatoms. The third-order valence-corrected chi connectivity index (χ3v) is 3.94. The molecule has 3 N–H and O–H groups in total. The molecule has 0 spiro atoms. The van der Waals surface area contributed by atoms with Crippen LogP contribution in [0.3, 0.4) is 0 Å². The summed E-state index contributed by atoms with van der Waals surface area (Å²) in [5.41, 5.74) is 0.400. The fourth-order valence-corrected chi connectivity index (χ4v) is 2.96. The SMILES string of the molecule is CC(C)NS(=O)(=O)c1ccccc1NCCC(=O)O. The molecule has 0 saturated carbocycles. The zero-order chi connectivity index (χ0) is 14.5. The summed E-state index contributed by atoms with van der Waals surface area (Å²) in [5.74, 6) is -0.937. The minimum atomic E-state index is -3.60. The molecular formula is C12H18N2O4S. The van der Waals surface area contributed by atoms with Crippen LogP contribution in [0.4, 0.5) is 5.69 Å². The monoisotopic (exact) mass is 286 g/mol. The Labute approximate surface area is 112 Å². The zero-order valence-electron chi connectivity index (χ0n) is 10.9. The Morgan fingerprint density at radius 1 is 1.32 bits per heavy atom. The van der Waals surface area contributed by atoms with Crippen LogP contribution in [0.2, 0.25) is 0 Å². The number of para-hydroxylation sites is 1. The van der Waals surface area contributed by atoms with Crippen LogP contribution in [0.1, 0.15) is 20.3 Å². The van der Waals surface area contributed by atoms with E-state index in [1.807, 2.05) is 0 Å². The number of carbonyl (C=O) groups is 1. The lowest BCUT2D eigenvalue weighted by molar-refractivity contribution is -0.136. The Kier molecular flexibility index (Phi) is 5.31. The maximum absolute atomic E-state index is 12.1. The lowest BCUT2D eigenvalue weighted by Gasteiger charge is -2.14. The number of anilines is 1. The normalized spacial score (nSPS) is 11.5. The highest BCUT2D eigenvalue weighted by molar-refractivity contribution is 7.89. The molecule has 0 fully saturated rings. The number of nitrogens with one attached hydrogen (secondary N) is 2. The van der Waals surface area contributed by atoms with Gasteiger partial charge in [0.15, 0.2) is 0 Å². The van der Waals surface area contributed by atoms with Crippen molar-refractivity contribution in [1.29, 1.82) is 0 Å². The Bertz CT molecular complexity index is 540. The van der Waals surface area contributed by atoms with E-state index >= 15 is 0 Å². The summed E-state index contributed by atoms with van der Waals surface area (Å²) in [6.45, 7) is 3.64. The first-order valence-electron chi connectivity index (χ1n) is 5.90. The van der Waals surface area contributed by atoms with Crippen molar-refractivity contribution in [2.24, 2.45) is 0 Å². The van der Waals surface area contributed by atoms with Crippen LogP contribution in [0, 0.1) is 0 Å². The summed E-state index contributed by atoms with van der Waals surface area (Å²) in [7, 11) is -3.60. The van der Waals surface area contributed by atoms with E-state index in [-0.39, 0.29) is 23.9 Å². The lowest BCUT2D eigenvalue weighted by Crippen LogP contribution is -2.30. The van der Waals surface area contributed by atoms with E-state index in [1.165, 1.54) is 6.07 Å². The van der Waals surface area contributed by atoms with E-state index in [4.69, 9.17) is 5.11 Å². The summed E-state index contributed by atoms with van der Waals surface area (Å²) < 4.78 is 26.7. The van der Waals surface area contributed by atoms with Crippen LogP contribution >= 0.6 is 0 Å². The van der Waals surface area contributed by atoms with E-state index in [0.717, 1.165) is 0 Å². The second-order valence-electron chi connectivity index (χ2n) is 4.34. The molecule has 1 rings (SSSR count).